The Balaban J connectivity index is 1.49. The van der Waals surface area contributed by atoms with E-state index < -0.39 is 17.6 Å². The molecule has 9 heteroatoms. The minimum absolute atomic E-state index is 0.0879. The molecular weight excluding hydrogens is 443 g/mol. The molecule has 0 atom stereocenters. The van der Waals surface area contributed by atoms with Crippen LogP contribution in [0.25, 0.3) is 0 Å². The van der Waals surface area contributed by atoms with E-state index in [4.69, 9.17) is 0 Å². The minimum Gasteiger partial charge on any atom is -0.324 e. The van der Waals surface area contributed by atoms with Crippen LogP contribution >= 0.6 is 27.3 Å². The van der Waals surface area contributed by atoms with E-state index in [0.717, 1.165) is 29.5 Å². The summed E-state index contributed by atoms with van der Waals surface area (Å²) in [5.74, 6) is -0.428. The second-order valence-electron chi connectivity index (χ2n) is 6.35. The highest BCUT2D eigenvalue weighted by Gasteiger charge is 2.33. The fourth-order valence-electron chi connectivity index (χ4n) is 2.99. The molecule has 4 nitrogen and oxygen atoms in total. The van der Waals surface area contributed by atoms with Gasteiger partial charge in [0.15, 0.2) is 0 Å². The van der Waals surface area contributed by atoms with Crippen molar-refractivity contribution in [3.8, 4) is 0 Å². The summed E-state index contributed by atoms with van der Waals surface area (Å²) in [6, 6.07) is 9.15. The molecule has 0 unspecified atom stereocenters. The molecule has 3 rings (SSSR count). The van der Waals surface area contributed by atoms with Crippen molar-refractivity contribution in [3.63, 3.8) is 0 Å². The summed E-state index contributed by atoms with van der Waals surface area (Å²) in [7, 11) is 0. The summed E-state index contributed by atoms with van der Waals surface area (Å²) in [5, 5.41) is 2.40. The van der Waals surface area contributed by atoms with Gasteiger partial charge in [0.25, 0.3) is 0 Å². The molecule has 1 amide bonds. The van der Waals surface area contributed by atoms with Crippen molar-refractivity contribution < 1.29 is 18.0 Å². The van der Waals surface area contributed by atoms with Crippen LogP contribution in [0.1, 0.15) is 10.4 Å². The van der Waals surface area contributed by atoms with Crippen LogP contribution < -0.4 is 5.32 Å². The molecule has 0 bridgehead atoms. The quantitative estimate of drug-likeness (QED) is 0.721. The number of anilines is 1. The summed E-state index contributed by atoms with van der Waals surface area (Å²) in [6.45, 7) is 4.02. The number of hydrogen-bond donors (Lipinski definition) is 1. The number of carbonyl (C=O) groups excluding carboxylic acids is 1. The fourth-order valence-corrected chi connectivity index (χ4v) is 4.52. The normalized spacial score (nSPS) is 16.4. The molecule has 0 radical (unpaired) electrons. The van der Waals surface area contributed by atoms with Crippen LogP contribution in [-0.2, 0) is 17.5 Å². The van der Waals surface area contributed by atoms with Gasteiger partial charge < -0.3 is 5.32 Å². The molecule has 27 heavy (non-hydrogen) atoms. The van der Waals surface area contributed by atoms with Gasteiger partial charge in [0.2, 0.25) is 5.91 Å². The van der Waals surface area contributed by atoms with Crippen molar-refractivity contribution in [3.05, 3.63) is 50.6 Å². The van der Waals surface area contributed by atoms with Gasteiger partial charge >= 0.3 is 6.18 Å². The molecule has 1 aromatic heterocycles. The van der Waals surface area contributed by atoms with Gasteiger partial charge in [-0.2, -0.15) is 13.2 Å². The molecule has 2 heterocycles. The van der Waals surface area contributed by atoms with Gasteiger partial charge in [0, 0.05) is 37.6 Å². The average Bonchev–Trinajstić information content (AvgIpc) is 3.01. The van der Waals surface area contributed by atoms with E-state index in [0.29, 0.717) is 13.1 Å². The monoisotopic (exact) mass is 461 g/mol. The lowest BCUT2D eigenvalue weighted by Gasteiger charge is -2.34. The van der Waals surface area contributed by atoms with Crippen LogP contribution in [0.2, 0.25) is 0 Å². The SMILES string of the molecule is O=C(CN1CCN(Cc2ccc(Br)s2)CC1)Nc1ccccc1C(F)(F)F. The number of alkyl halides is 3. The predicted molar refractivity (Wildman–Crippen MR) is 104 cm³/mol. The maximum atomic E-state index is 13.0. The van der Waals surface area contributed by atoms with Gasteiger partial charge in [-0.15, -0.1) is 11.3 Å². The Labute approximate surface area is 168 Å². The lowest BCUT2D eigenvalue weighted by Crippen LogP contribution is -2.48. The Morgan fingerprint density at radius 1 is 1.07 bits per heavy atom. The molecule has 0 aliphatic carbocycles. The number of halogens is 4. The topological polar surface area (TPSA) is 35.6 Å². The van der Waals surface area contributed by atoms with E-state index >= 15 is 0 Å². The maximum absolute atomic E-state index is 13.0. The third-order valence-electron chi connectivity index (χ3n) is 4.35. The van der Waals surface area contributed by atoms with E-state index in [1.807, 2.05) is 11.0 Å². The Morgan fingerprint density at radius 3 is 2.37 bits per heavy atom. The Morgan fingerprint density at radius 2 is 1.74 bits per heavy atom. The number of piperazine rings is 1. The van der Waals surface area contributed by atoms with Gasteiger partial charge in [-0.1, -0.05) is 12.1 Å². The zero-order valence-corrected chi connectivity index (χ0v) is 16.8. The first-order valence-electron chi connectivity index (χ1n) is 8.46. The number of thiophene rings is 1. The van der Waals surface area contributed by atoms with Crippen LogP contribution in [0, 0.1) is 0 Å². The number of hydrogen-bond acceptors (Lipinski definition) is 4. The van der Waals surface area contributed by atoms with Gasteiger partial charge in [-0.05, 0) is 40.2 Å². The molecular formula is C18H19BrF3N3OS. The Bertz CT molecular complexity index is 788. The highest BCUT2D eigenvalue weighted by molar-refractivity contribution is 9.11. The Hall–Kier alpha value is -1.42. The summed E-state index contributed by atoms with van der Waals surface area (Å²) in [4.78, 5) is 17.7. The van der Waals surface area contributed by atoms with Crippen molar-refractivity contribution in [1.82, 2.24) is 9.80 Å². The maximum Gasteiger partial charge on any atom is 0.418 e. The van der Waals surface area contributed by atoms with E-state index in [1.165, 1.54) is 23.1 Å². The Kier molecular flexibility index (Phi) is 6.56. The predicted octanol–water partition coefficient (Wildman–Crippen LogP) is 4.29. The molecule has 2 aromatic rings. The largest absolute Gasteiger partial charge is 0.418 e. The van der Waals surface area contributed by atoms with Crippen LogP contribution in [-0.4, -0.2) is 48.4 Å². The second-order valence-corrected chi connectivity index (χ2v) is 8.90. The molecule has 146 valence electrons. The molecule has 1 saturated heterocycles. The van der Waals surface area contributed by atoms with Crippen molar-refractivity contribution in [1.29, 1.82) is 0 Å². The number of para-hydroxylation sites is 1. The summed E-state index contributed by atoms with van der Waals surface area (Å²) < 4.78 is 40.1. The molecule has 1 fully saturated rings. The second kappa shape index (κ2) is 8.72. The standard InChI is InChI=1S/C18H19BrF3N3OS/c19-16-6-5-13(27-16)11-24-7-9-25(10-8-24)12-17(26)23-15-4-2-1-3-14(15)18(20,21)22/h1-6H,7-12H2,(H,23,26). The summed E-state index contributed by atoms with van der Waals surface area (Å²) in [5.41, 5.74) is -1.03. The number of nitrogens with zero attached hydrogens (tertiary/aromatic N) is 2. The van der Waals surface area contributed by atoms with Crippen molar-refractivity contribution in [2.24, 2.45) is 0 Å². The smallest absolute Gasteiger partial charge is 0.324 e. The van der Waals surface area contributed by atoms with Gasteiger partial charge in [0.1, 0.15) is 0 Å². The van der Waals surface area contributed by atoms with Gasteiger partial charge in [0.05, 0.1) is 21.6 Å². The number of carbonyl (C=O) groups is 1. The van der Waals surface area contributed by atoms with E-state index in [2.05, 4.69) is 32.2 Å². The van der Waals surface area contributed by atoms with Crippen LogP contribution in [0.5, 0.6) is 0 Å². The van der Waals surface area contributed by atoms with Crippen molar-refractivity contribution >= 4 is 38.9 Å². The highest BCUT2D eigenvalue weighted by Crippen LogP contribution is 2.34. The summed E-state index contributed by atoms with van der Waals surface area (Å²) in [6.07, 6.45) is -4.49. The number of amides is 1. The zero-order chi connectivity index (χ0) is 19.4. The molecule has 1 N–H and O–H groups in total. The van der Waals surface area contributed by atoms with Gasteiger partial charge in [-0.25, -0.2) is 0 Å². The average molecular weight is 462 g/mol. The van der Waals surface area contributed by atoms with E-state index in [-0.39, 0.29) is 12.2 Å². The van der Waals surface area contributed by atoms with Crippen molar-refractivity contribution in [2.75, 3.05) is 38.0 Å². The van der Waals surface area contributed by atoms with E-state index in [1.54, 1.807) is 11.3 Å². The number of nitrogens with one attached hydrogen (secondary N) is 1. The van der Waals surface area contributed by atoms with Gasteiger partial charge in [-0.3, -0.25) is 14.6 Å². The molecule has 1 aliphatic heterocycles. The minimum atomic E-state index is -4.49. The number of rotatable bonds is 5. The summed E-state index contributed by atoms with van der Waals surface area (Å²) >= 11 is 5.16. The van der Waals surface area contributed by atoms with Crippen LogP contribution in [0.15, 0.2) is 40.2 Å². The lowest BCUT2D eigenvalue weighted by atomic mass is 10.1. The fraction of sp³-hybridized carbons (Fsp3) is 0.389. The van der Waals surface area contributed by atoms with E-state index in [9.17, 15) is 18.0 Å². The third kappa shape index (κ3) is 5.78. The first kappa shape index (κ1) is 20.3. The third-order valence-corrected chi connectivity index (χ3v) is 5.96. The molecule has 0 saturated carbocycles. The van der Waals surface area contributed by atoms with Crippen LogP contribution in [0.4, 0.5) is 18.9 Å². The first-order chi connectivity index (χ1) is 12.8. The van der Waals surface area contributed by atoms with Crippen molar-refractivity contribution in [2.45, 2.75) is 12.7 Å². The molecule has 1 aliphatic rings. The lowest BCUT2D eigenvalue weighted by molar-refractivity contribution is -0.137. The first-order valence-corrected chi connectivity index (χ1v) is 10.1. The zero-order valence-electron chi connectivity index (χ0n) is 14.4. The van der Waals surface area contributed by atoms with Crippen LogP contribution in [0.3, 0.4) is 0 Å². The molecule has 1 aromatic carbocycles. The number of benzene rings is 1. The highest BCUT2D eigenvalue weighted by atomic mass is 79.9. The molecule has 0 spiro atoms.